The van der Waals surface area contributed by atoms with Crippen molar-refractivity contribution in [2.24, 2.45) is 5.92 Å². The fraction of sp³-hybridized carbons (Fsp3) is 0.562. The van der Waals surface area contributed by atoms with Crippen LogP contribution in [-0.2, 0) is 6.42 Å². The van der Waals surface area contributed by atoms with Gasteiger partial charge in [-0.05, 0) is 50.4 Å². The number of likely N-dealkylation sites (tertiary alicyclic amines) is 1. The number of β-amino-alcohol motifs (C(OH)–C–C–N with tert-alkyl or cyclic N) is 1. The fourth-order valence-electron chi connectivity index (χ4n) is 3.01. The van der Waals surface area contributed by atoms with Crippen LogP contribution in [0.25, 0.3) is 0 Å². The third-order valence-electron chi connectivity index (χ3n) is 4.45. The molecule has 0 aromatic heterocycles. The van der Waals surface area contributed by atoms with Crippen molar-refractivity contribution in [1.29, 1.82) is 0 Å². The lowest BCUT2D eigenvalue weighted by Crippen LogP contribution is -2.64. The first-order valence-corrected chi connectivity index (χ1v) is 7.38. The predicted molar refractivity (Wildman–Crippen MR) is 77.7 cm³/mol. The maximum Gasteiger partial charge on any atom is 0.254 e. The number of aliphatic hydroxyl groups is 1. The Hall–Kier alpha value is -1.39. The topological polar surface area (TPSA) is 52.6 Å². The van der Waals surface area contributed by atoms with Gasteiger partial charge in [-0.2, -0.15) is 0 Å². The molecule has 2 N–H and O–H groups in total. The first-order valence-electron chi connectivity index (χ1n) is 7.38. The number of hydrogen-bond donors (Lipinski definition) is 2. The molecular formula is C16H22N2O2. The van der Waals surface area contributed by atoms with Gasteiger partial charge in [0.2, 0.25) is 0 Å². The van der Waals surface area contributed by atoms with E-state index in [-0.39, 0.29) is 5.91 Å². The van der Waals surface area contributed by atoms with E-state index in [0.717, 1.165) is 36.9 Å². The van der Waals surface area contributed by atoms with Gasteiger partial charge in [-0.3, -0.25) is 4.79 Å². The van der Waals surface area contributed by atoms with Gasteiger partial charge in [0.25, 0.3) is 5.91 Å². The van der Waals surface area contributed by atoms with E-state index in [4.69, 9.17) is 0 Å². The van der Waals surface area contributed by atoms with Gasteiger partial charge in [-0.25, -0.2) is 0 Å². The Kier molecular flexibility index (Phi) is 3.52. The first-order chi connectivity index (χ1) is 9.64. The van der Waals surface area contributed by atoms with E-state index in [1.807, 2.05) is 31.3 Å². The standard InChI is InChI=1S/C16H22N2O2/c1-17-9-8-12-4-2-3-5-14(12)15(19)18-10-16(20,11-18)13-6-7-13/h2-5,13,17,20H,6-11H2,1H3. The summed E-state index contributed by atoms with van der Waals surface area (Å²) in [6, 6.07) is 7.78. The Morgan fingerprint density at radius 2 is 2.10 bits per heavy atom. The molecule has 4 nitrogen and oxygen atoms in total. The molecule has 1 saturated carbocycles. The van der Waals surface area contributed by atoms with Crippen LogP contribution in [0.2, 0.25) is 0 Å². The van der Waals surface area contributed by atoms with Crippen molar-refractivity contribution < 1.29 is 9.90 Å². The quantitative estimate of drug-likeness (QED) is 0.844. The number of hydrogen-bond acceptors (Lipinski definition) is 3. The van der Waals surface area contributed by atoms with E-state index in [1.165, 1.54) is 0 Å². The van der Waals surface area contributed by atoms with Crippen molar-refractivity contribution in [3.63, 3.8) is 0 Å². The van der Waals surface area contributed by atoms with Crippen molar-refractivity contribution in [2.45, 2.75) is 24.9 Å². The van der Waals surface area contributed by atoms with Crippen LogP contribution in [0, 0.1) is 5.92 Å². The second-order valence-electron chi connectivity index (χ2n) is 6.05. The molecule has 0 atom stereocenters. The summed E-state index contributed by atoms with van der Waals surface area (Å²) in [5.41, 5.74) is 1.25. The number of rotatable bonds is 5. The van der Waals surface area contributed by atoms with Gasteiger partial charge in [0.15, 0.2) is 0 Å². The third kappa shape index (κ3) is 2.45. The summed E-state index contributed by atoms with van der Waals surface area (Å²) in [6.45, 7) is 1.85. The summed E-state index contributed by atoms with van der Waals surface area (Å²) in [4.78, 5) is 14.3. The highest BCUT2D eigenvalue weighted by Crippen LogP contribution is 2.44. The maximum atomic E-state index is 12.5. The normalized spacial score (nSPS) is 20.6. The highest BCUT2D eigenvalue weighted by Gasteiger charge is 2.53. The van der Waals surface area contributed by atoms with Crippen LogP contribution < -0.4 is 5.32 Å². The Balaban J connectivity index is 1.68. The lowest BCUT2D eigenvalue weighted by Gasteiger charge is -2.47. The van der Waals surface area contributed by atoms with Crippen LogP contribution in [0.3, 0.4) is 0 Å². The third-order valence-corrected chi connectivity index (χ3v) is 4.45. The molecule has 2 aliphatic rings. The summed E-state index contributed by atoms with van der Waals surface area (Å²) in [5.74, 6) is 0.480. The Morgan fingerprint density at radius 1 is 1.40 bits per heavy atom. The van der Waals surface area contributed by atoms with E-state index in [1.54, 1.807) is 4.90 Å². The number of likely N-dealkylation sites (N-methyl/N-ethyl adjacent to an activating group) is 1. The van der Waals surface area contributed by atoms with Crippen LogP contribution in [0.5, 0.6) is 0 Å². The average molecular weight is 274 g/mol. The van der Waals surface area contributed by atoms with Crippen molar-refractivity contribution in [2.75, 3.05) is 26.7 Å². The number of carbonyl (C=O) groups excluding carboxylic acids is 1. The van der Waals surface area contributed by atoms with Gasteiger partial charge in [0.05, 0.1) is 13.1 Å². The van der Waals surface area contributed by atoms with Gasteiger partial charge in [-0.15, -0.1) is 0 Å². The van der Waals surface area contributed by atoms with E-state index < -0.39 is 5.60 Å². The highest BCUT2D eigenvalue weighted by molar-refractivity contribution is 5.96. The summed E-state index contributed by atoms with van der Waals surface area (Å²) in [7, 11) is 1.91. The summed E-state index contributed by atoms with van der Waals surface area (Å²) < 4.78 is 0. The number of benzene rings is 1. The van der Waals surface area contributed by atoms with E-state index in [9.17, 15) is 9.90 Å². The molecule has 4 heteroatoms. The number of nitrogens with zero attached hydrogens (tertiary/aromatic N) is 1. The largest absolute Gasteiger partial charge is 0.386 e. The maximum absolute atomic E-state index is 12.5. The zero-order valence-electron chi connectivity index (χ0n) is 11.9. The molecule has 0 unspecified atom stereocenters. The highest BCUT2D eigenvalue weighted by atomic mass is 16.3. The summed E-state index contributed by atoms with van der Waals surface area (Å²) in [6.07, 6.45) is 3.06. The molecular weight excluding hydrogens is 252 g/mol. The minimum Gasteiger partial charge on any atom is -0.386 e. The van der Waals surface area contributed by atoms with E-state index in [2.05, 4.69) is 5.32 Å². The second-order valence-corrected chi connectivity index (χ2v) is 6.05. The smallest absolute Gasteiger partial charge is 0.254 e. The molecule has 0 bridgehead atoms. The second kappa shape index (κ2) is 5.19. The van der Waals surface area contributed by atoms with Crippen LogP contribution in [0.15, 0.2) is 24.3 Å². The van der Waals surface area contributed by atoms with Crippen LogP contribution in [0.4, 0.5) is 0 Å². The minimum atomic E-state index is -0.602. The lowest BCUT2D eigenvalue weighted by atomic mass is 9.87. The molecule has 20 heavy (non-hydrogen) atoms. The van der Waals surface area contributed by atoms with Crippen molar-refractivity contribution >= 4 is 5.91 Å². The predicted octanol–water partition coefficient (Wildman–Crippen LogP) is 1.05. The molecule has 1 heterocycles. The zero-order chi connectivity index (χ0) is 14.2. The Morgan fingerprint density at radius 3 is 2.75 bits per heavy atom. The monoisotopic (exact) mass is 274 g/mol. The summed E-state index contributed by atoms with van der Waals surface area (Å²) in [5, 5.41) is 13.4. The molecule has 108 valence electrons. The lowest BCUT2D eigenvalue weighted by molar-refractivity contribution is -0.0958. The van der Waals surface area contributed by atoms with Crippen LogP contribution >= 0.6 is 0 Å². The Labute approximate surface area is 119 Å². The molecule has 1 aromatic rings. The van der Waals surface area contributed by atoms with Gasteiger partial charge < -0.3 is 15.3 Å². The molecule has 1 aliphatic heterocycles. The molecule has 0 radical (unpaired) electrons. The number of nitrogens with one attached hydrogen (secondary N) is 1. The van der Waals surface area contributed by atoms with E-state index in [0.29, 0.717) is 19.0 Å². The average Bonchev–Trinajstić information content (AvgIpc) is 3.26. The fourth-order valence-corrected chi connectivity index (χ4v) is 3.01. The number of amides is 1. The molecule has 2 fully saturated rings. The summed E-state index contributed by atoms with van der Waals surface area (Å²) >= 11 is 0. The van der Waals surface area contributed by atoms with Crippen molar-refractivity contribution in [3.05, 3.63) is 35.4 Å². The van der Waals surface area contributed by atoms with Gasteiger partial charge in [0.1, 0.15) is 5.60 Å². The number of carbonyl (C=O) groups is 1. The van der Waals surface area contributed by atoms with Crippen LogP contribution in [0.1, 0.15) is 28.8 Å². The van der Waals surface area contributed by atoms with Gasteiger partial charge in [0, 0.05) is 5.56 Å². The molecule has 3 rings (SSSR count). The van der Waals surface area contributed by atoms with E-state index >= 15 is 0 Å². The molecule has 1 saturated heterocycles. The Bertz CT molecular complexity index is 505. The van der Waals surface area contributed by atoms with Gasteiger partial charge in [-0.1, -0.05) is 18.2 Å². The van der Waals surface area contributed by atoms with Crippen molar-refractivity contribution in [1.82, 2.24) is 10.2 Å². The zero-order valence-corrected chi connectivity index (χ0v) is 11.9. The van der Waals surface area contributed by atoms with Crippen molar-refractivity contribution in [3.8, 4) is 0 Å². The molecule has 0 spiro atoms. The SMILES string of the molecule is CNCCc1ccccc1C(=O)N1CC(O)(C2CC2)C1. The van der Waals surface area contributed by atoms with Crippen LogP contribution in [-0.4, -0.2) is 48.2 Å². The molecule has 1 aromatic carbocycles. The van der Waals surface area contributed by atoms with Gasteiger partial charge >= 0.3 is 0 Å². The minimum absolute atomic E-state index is 0.0574. The molecule has 1 aliphatic carbocycles. The molecule has 1 amide bonds. The first kappa shape index (κ1) is 13.6.